The SMILES string of the molecule is C[C@H](N[C@@H](CCc1ccccc1)C(=O)O)C(=O)N1C[C@H](NC(=O)C(CS)Cc2ccccc2)C[C@H]1C(=O)O. The van der Waals surface area contributed by atoms with E-state index in [4.69, 9.17) is 0 Å². The summed E-state index contributed by atoms with van der Waals surface area (Å²) in [6.45, 7) is 1.56. The third-order valence-electron chi connectivity index (χ3n) is 6.82. The fraction of sp³-hybridized carbons (Fsp3) is 0.429. The number of nitrogens with zero attached hydrogens (tertiary/aromatic N) is 1. The summed E-state index contributed by atoms with van der Waals surface area (Å²) in [4.78, 5) is 51.2. The van der Waals surface area contributed by atoms with Gasteiger partial charge in [0.15, 0.2) is 0 Å². The molecule has 10 heteroatoms. The molecule has 0 bridgehead atoms. The minimum absolute atomic E-state index is 0.0277. The molecule has 1 aliphatic heterocycles. The Hall–Kier alpha value is -3.37. The second kappa shape index (κ2) is 14.0. The number of nitrogens with one attached hydrogen (secondary N) is 2. The Morgan fingerprint density at radius 2 is 1.61 bits per heavy atom. The van der Waals surface area contributed by atoms with Crippen molar-refractivity contribution in [3.63, 3.8) is 0 Å². The van der Waals surface area contributed by atoms with Crippen molar-refractivity contribution in [1.29, 1.82) is 0 Å². The molecule has 0 aromatic heterocycles. The van der Waals surface area contributed by atoms with Crippen LogP contribution in [0.4, 0.5) is 0 Å². The fourth-order valence-corrected chi connectivity index (χ4v) is 5.03. The number of likely N-dealkylation sites (tertiary alicyclic amines) is 1. The first-order valence-corrected chi connectivity index (χ1v) is 13.3. The van der Waals surface area contributed by atoms with Crippen LogP contribution in [0, 0.1) is 5.92 Å². The van der Waals surface area contributed by atoms with Gasteiger partial charge in [-0.15, -0.1) is 0 Å². The second-order valence-corrected chi connectivity index (χ2v) is 10.0. The highest BCUT2D eigenvalue weighted by Crippen LogP contribution is 2.21. The van der Waals surface area contributed by atoms with Crippen molar-refractivity contribution in [2.75, 3.05) is 12.3 Å². The number of carbonyl (C=O) groups excluding carboxylic acids is 2. The van der Waals surface area contributed by atoms with Gasteiger partial charge in [-0.25, -0.2) is 4.79 Å². The summed E-state index contributed by atoms with van der Waals surface area (Å²) in [5.41, 5.74) is 1.98. The molecule has 2 aromatic rings. The van der Waals surface area contributed by atoms with E-state index in [1.807, 2.05) is 60.7 Å². The molecular formula is C28H35N3O6S. The number of hydrogen-bond donors (Lipinski definition) is 5. The molecule has 2 aromatic carbocycles. The van der Waals surface area contributed by atoms with Gasteiger partial charge in [-0.1, -0.05) is 60.7 Å². The Morgan fingerprint density at radius 1 is 1.00 bits per heavy atom. The molecule has 5 atom stereocenters. The predicted molar refractivity (Wildman–Crippen MR) is 146 cm³/mol. The molecule has 204 valence electrons. The van der Waals surface area contributed by atoms with Gasteiger partial charge in [0.05, 0.1) is 12.0 Å². The summed E-state index contributed by atoms with van der Waals surface area (Å²) in [6, 6.07) is 15.4. The number of aryl methyl sites for hydroxylation is 1. The van der Waals surface area contributed by atoms with Crippen molar-refractivity contribution in [3.05, 3.63) is 71.8 Å². The van der Waals surface area contributed by atoms with Crippen LogP contribution in [0.2, 0.25) is 0 Å². The summed E-state index contributed by atoms with van der Waals surface area (Å²) >= 11 is 4.32. The van der Waals surface area contributed by atoms with Gasteiger partial charge in [-0.3, -0.25) is 19.7 Å². The molecule has 1 saturated heterocycles. The van der Waals surface area contributed by atoms with E-state index in [9.17, 15) is 29.4 Å². The molecule has 1 unspecified atom stereocenters. The first kappa shape index (κ1) is 29.2. The lowest BCUT2D eigenvalue weighted by Gasteiger charge is -2.27. The summed E-state index contributed by atoms with van der Waals surface area (Å²) in [7, 11) is 0. The average molecular weight is 542 g/mol. The van der Waals surface area contributed by atoms with Crippen LogP contribution >= 0.6 is 12.6 Å². The summed E-state index contributed by atoms with van der Waals surface area (Å²) < 4.78 is 0. The van der Waals surface area contributed by atoms with Gasteiger partial charge in [-0.05, 0) is 37.3 Å². The monoisotopic (exact) mass is 541 g/mol. The van der Waals surface area contributed by atoms with E-state index in [0.29, 0.717) is 18.6 Å². The zero-order valence-corrected chi connectivity index (χ0v) is 22.2. The van der Waals surface area contributed by atoms with E-state index in [2.05, 4.69) is 23.3 Å². The van der Waals surface area contributed by atoms with Crippen molar-refractivity contribution < 1.29 is 29.4 Å². The number of carbonyl (C=O) groups is 4. The Kier molecular flexibility index (Phi) is 10.7. The van der Waals surface area contributed by atoms with Gasteiger partial charge in [-0.2, -0.15) is 12.6 Å². The average Bonchev–Trinajstić information content (AvgIpc) is 3.34. The molecule has 2 amide bonds. The largest absolute Gasteiger partial charge is 0.480 e. The number of hydrogen-bond acceptors (Lipinski definition) is 6. The highest BCUT2D eigenvalue weighted by molar-refractivity contribution is 7.80. The quantitative estimate of drug-likeness (QED) is 0.245. The molecule has 1 heterocycles. The summed E-state index contributed by atoms with van der Waals surface area (Å²) in [5.74, 6) is -3.11. The van der Waals surface area contributed by atoms with Crippen LogP contribution in [0.15, 0.2) is 60.7 Å². The van der Waals surface area contributed by atoms with Crippen LogP contribution in [0.25, 0.3) is 0 Å². The third kappa shape index (κ3) is 8.06. The zero-order valence-electron chi connectivity index (χ0n) is 21.3. The molecule has 0 aliphatic carbocycles. The van der Waals surface area contributed by atoms with Gasteiger partial charge in [0.1, 0.15) is 12.1 Å². The third-order valence-corrected chi connectivity index (χ3v) is 7.26. The van der Waals surface area contributed by atoms with Crippen molar-refractivity contribution >= 4 is 36.4 Å². The molecule has 1 fully saturated rings. The Morgan fingerprint density at radius 3 is 2.16 bits per heavy atom. The molecule has 9 nitrogen and oxygen atoms in total. The number of carboxylic acid groups (broad SMARTS) is 2. The van der Waals surface area contributed by atoms with Crippen LogP contribution in [0.1, 0.15) is 30.9 Å². The van der Waals surface area contributed by atoms with Crippen molar-refractivity contribution in [2.45, 2.75) is 56.8 Å². The Bertz CT molecular complexity index is 1100. The molecular weight excluding hydrogens is 506 g/mol. The predicted octanol–water partition coefficient (Wildman–Crippen LogP) is 2.01. The first-order valence-electron chi connectivity index (χ1n) is 12.7. The van der Waals surface area contributed by atoms with E-state index >= 15 is 0 Å². The van der Waals surface area contributed by atoms with Gasteiger partial charge >= 0.3 is 11.9 Å². The molecule has 1 aliphatic rings. The lowest BCUT2D eigenvalue weighted by molar-refractivity contribution is -0.149. The van der Waals surface area contributed by atoms with E-state index in [1.54, 1.807) is 0 Å². The van der Waals surface area contributed by atoms with Crippen molar-refractivity contribution in [1.82, 2.24) is 15.5 Å². The van der Waals surface area contributed by atoms with E-state index in [0.717, 1.165) is 11.1 Å². The van der Waals surface area contributed by atoms with Gasteiger partial charge < -0.3 is 20.4 Å². The molecule has 4 N–H and O–H groups in total. The summed E-state index contributed by atoms with van der Waals surface area (Å²) in [5, 5.41) is 25.2. The molecule has 0 spiro atoms. The highest BCUT2D eigenvalue weighted by Gasteiger charge is 2.42. The zero-order chi connectivity index (χ0) is 27.7. The van der Waals surface area contributed by atoms with Crippen molar-refractivity contribution in [2.24, 2.45) is 5.92 Å². The maximum atomic E-state index is 13.2. The number of amides is 2. The normalized spacial score (nSPS) is 19.4. The number of benzene rings is 2. The lowest BCUT2D eigenvalue weighted by Crippen LogP contribution is -2.53. The lowest BCUT2D eigenvalue weighted by atomic mass is 9.99. The molecule has 0 saturated carbocycles. The molecule has 38 heavy (non-hydrogen) atoms. The minimum Gasteiger partial charge on any atom is -0.480 e. The number of aliphatic carboxylic acids is 2. The number of carboxylic acids is 2. The fourth-order valence-electron chi connectivity index (χ4n) is 4.73. The van der Waals surface area contributed by atoms with Crippen LogP contribution in [-0.4, -0.2) is 75.3 Å². The molecule has 3 rings (SSSR count). The number of thiol groups is 1. The van der Waals surface area contributed by atoms with Crippen LogP contribution in [-0.2, 0) is 32.0 Å². The summed E-state index contributed by atoms with van der Waals surface area (Å²) in [6.07, 6.45) is 1.34. The minimum atomic E-state index is -1.17. The van der Waals surface area contributed by atoms with E-state index in [1.165, 1.54) is 11.8 Å². The van der Waals surface area contributed by atoms with Crippen LogP contribution < -0.4 is 10.6 Å². The van der Waals surface area contributed by atoms with Crippen molar-refractivity contribution in [3.8, 4) is 0 Å². The topological polar surface area (TPSA) is 136 Å². The van der Waals surface area contributed by atoms with E-state index in [-0.39, 0.29) is 25.3 Å². The maximum Gasteiger partial charge on any atom is 0.326 e. The van der Waals surface area contributed by atoms with Crippen LogP contribution in [0.3, 0.4) is 0 Å². The standard InChI is InChI=1S/C28H35N3O6S/c1-18(29-23(27(34)35)13-12-19-8-4-2-5-9-19)26(33)31-16-22(15-24(31)28(36)37)30-25(32)21(17-38)14-20-10-6-3-7-11-20/h2-11,18,21-24,29,38H,12-17H2,1H3,(H,30,32)(H,34,35)(H,36,37)/t18-,21?,22+,23-,24-/m0/s1. The van der Waals surface area contributed by atoms with Gasteiger partial charge in [0.2, 0.25) is 11.8 Å². The molecule has 0 radical (unpaired) electrons. The number of rotatable bonds is 13. The maximum absolute atomic E-state index is 13.2. The highest BCUT2D eigenvalue weighted by atomic mass is 32.1. The van der Waals surface area contributed by atoms with Gasteiger partial charge in [0, 0.05) is 24.8 Å². The van der Waals surface area contributed by atoms with E-state index < -0.39 is 47.9 Å². The second-order valence-electron chi connectivity index (χ2n) is 9.66. The van der Waals surface area contributed by atoms with Gasteiger partial charge in [0.25, 0.3) is 0 Å². The Balaban J connectivity index is 1.61. The van der Waals surface area contributed by atoms with Crippen LogP contribution in [0.5, 0.6) is 0 Å². The smallest absolute Gasteiger partial charge is 0.326 e. The Labute approximate surface area is 228 Å². The first-order chi connectivity index (χ1) is 18.2.